The molecule has 3 rings (SSSR count). The zero-order chi connectivity index (χ0) is 17.8. The van der Waals surface area contributed by atoms with Gasteiger partial charge in [0.1, 0.15) is 17.8 Å². The number of halogens is 1. The Morgan fingerprint density at radius 2 is 1.88 bits per heavy atom. The Labute approximate surface area is 151 Å². The molecule has 0 amide bonds. The van der Waals surface area contributed by atoms with Crippen molar-refractivity contribution in [2.75, 3.05) is 11.1 Å². The van der Waals surface area contributed by atoms with Gasteiger partial charge in [0, 0.05) is 10.7 Å². The number of hydrogen-bond acceptors (Lipinski definition) is 5. The average Bonchev–Trinajstić information content (AvgIpc) is 2.62. The summed E-state index contributed by atoms with van der Waals surface area (Å²) in [5.41, 5.74) is 9.61. The van der Waals surface area contributed by atoms with Crippen LogP contribution in [0.3, 0.4) is 0 Å². The monoisotopic (exact) mass is 354 g/mol. The van der Waals surface area contributed by atoms with Gasteiger partial charge in [-0.3, -0.25) is 0 Å². The maximum absolute atomic E-state index is 6.18. The van der Waals surface area contributed by atoms with Gasteiger partial charge >= 0.3 is 0 Å². The van der Waals surface area contributed by atoms with Crippen LogP contribution in [0.5, 0.6) is 11.6 Å². The van der Waals surface area contributed by atoms with Gasteiger partial charge in [-0.15, -0.1) is 0 Å². The van der Waals surface area contributed by atoms with Crippen LogP contribution in [0.15, 0.2) is 48.8 Å². The summed E-state index contributed by atoms with van der Waals surface area (Å²) in [6.07, 6.45) is 2.39. The molecule has 128 valence electrons. The zero-order valence-corrected chi connectivity index (χ0v) is 14.8. The van der Waals surface area contributed by atoms with Crippen LogP contribution in [0.25, 0.3) is 0 Å². The molecule has 0 unspecified atom stereocenters. The first-order chi connectivity index (χ1) is 12.1. The molecular weight excluding hydrogens is 336 g/mol. The van der Waals surface area contributed by atoms with Crippen molar-refractivity contribution in [2.24, 2.45) is 0 Å². The lowest BCUT2D eigenvalue weighted by Crippen LogP contribution is -2.04. The molecule has 0 fully saturated rings. The fraction of sp³-hybridized carbons (Fsp3) is 0.158. The van der Waals surface area contributed by atoms with E-state index in [1.165, 1.54) is 11.9 Å². The number of aryl methyl sites for hydroxylation is 2. The quantitative estimate of drug-likeness (QED) is 0.665. The van der Waals surface area contributed by atoms with Crippen molar-refractivity contribution in [1.82, 2.24) is 9.97 Å². The zero-order valence-electron chi connectivity index (χ0n) is 14.1. The fourth-order valence-corrected chi connectivity index (χ4v) is 2.49. The standard InChI is InChI=1S/C19H19ClN4O/c1-3-13-5-8-15(9-6-13)25-19-17(21)18(22-11-23-19)24-16-10-14(20)7-4-12(16)2/h4-11H,3,21H2,1-2H3,(H,22,23,24). The van der Waals surface area contributed by atoms with Crippen molar-refractivity contribution < 1.29 is 4.74 Å². The molecule has 25 heavy (non-hydrogen) atoms. The summed E-state index contributed by atoms with van der Waals surface area (Å²) in [6.45, 7) is 4.08. The van der Waals surface area contributed by atoms with Gasteiger partial charge in [-0.25, -0.2) is 4.98 Å². The lowest BCUT2D eigenvalue weighted by molar-refractivity contribution is 0.464. The van der Waals surface area contributed by atoms with Gasteiger partial charge in [0.2, 0.25) is 5.88 Å². The van der Waals surface area contributed by atoms with Crippen LogP contribution in [0.4, 0.5) is 17.2 Å². The average molecular weight is 355 g/mol. The number of nitrogen functional groups attached to an aromatic ring is 1. The summed E-state index contributed by atoms with van der Waals surface area (Å²) in [6, 6.07) is 13.4. The molecule has 0 aliphatic heterocycles. The van der Waals surface area contributed by atoms with Crippen LogP contribution in [-0.2, 0) is 6.42 Å². The molecule has 0 aliphatic carbocycles. The van der Waals surface area contributed by atoms with Crippen molar-refractivity contribution in [1.29, 1.82) is 0 Å². The summed E-state index contributed by atoms with van der Waals surface area (Å²) >= 11 is 6.06. The van der Waals surface area contributed by atoms with E-state index in [1.807, 2.05) is 49.4 Å². The van der Waals surface area contributed by atoms with E-state index in [-0.39, 0.29) is 0 Å². The minimum Gasteiger partial charge on any atom is -0.437 e. The van der Waals surface area contributed by atoms with Crippen molar-refractivity contribution in [3.63, 3.8) is 0 Å². The van der Waals surface area contributed by atoms with Crippen molar-refractivity contribution in [2.45, 2.75) is 20.3 Å². The van der Waals surface area contributed by atoms with Crippen LogP contribution >= 0.6 is 11.6 Å². The number of benzene rings is 2. The predicted molar refractivity (Wildman–Crippen MR) is 102 cm³/mol. The highest BCUT2D eigenvalue weighted by atomic mass is 35.5. The van der Waals surface area contributed by atoms with E-state index in [4.69, 9.17) is 22.1 Å². The van der Waals surface area contributed by atoms with E-state index in [0.29, 0.717) is 28.2 Å². The first kappa shape index (κ1) is 17.0. The predicted octanol–water partition coefficient (Wildman–Crippen LogP) is 5.12. The van der Waals surface area contributed by atoms with Gasteiger partial charge in [-0.1, -0.05) is 36.7 Å². The maximum Gasteiger partial charge on any atom is 0.248 e. The molecule has 0 bridgehead atoms. The van der Waals surface area contributed by atoms with Crippen LogP contribution in [0.2, 0.25) is 5.02 Å². The van der Waals surface area contributed by atoms with Gasteiger partial charge in [0.05, 0.1) is 0 Å². The highest BCUT2D eigenvalue weighted by molar-refractivity contribution is 6.30. The number of aromatic nitrogens is 2. The lowest BCUT2D eigenvalue weighted by Gasteiger charge is -2.13. The SMILES string of the molecule is CCc1ccc(Oc2ncnc(Nc3cc(Cl)ccc3C)c2N)cc1. The molecular formula is C19H19ClN4O. The molecule has 0 radical (unpaired) electrons. The van der Waals surface area contributed by atoms with Gasteiger partial charge in [0.15, 0.2) is 5.82 Å². The molecule has 1 aromatic heterocycles. The molecule has 0 aliphatic rings. The summed E-state index contributed by atoms with van der Waals surface area (Å²) in [7, 11) is 0. The number of nitrogens with two attached hydrogens (primary N) is 1. The third-order valence-corrected chi connectivity index (χ3v) is 4.08. The van der Waals surface area contributed by atoms with Gasteiger partial charge < -0.3 is 15.8 Å². The number of hydrogen-bond donors (Lipinski definition) is 2. The number of ether oxygens (including phenoxy) is 1. The van der Waals surface area contributed by atoms with Gasteiger partial charge in [-0.2, -0.15) is 4.98 Å². The highest BCUT2D eigenvalue weighted by Crippen LogP contribution is 2.32. The van der Waals surface area contributed by atoms with E-state index in [2.05, 4.69) is 22.2 Å². The molecule has 6 heteroatoms. The maximum atomic E-state index is 6.18. The first-order valence-electron chi connectivity index (χ1n) is 7.97. The fourth-order valence-electron chi connectivity index (χ4n) is 2.32. The molecule has 2 aromatic carbocycles. The van der Waals surface area contributed by atoms with E-state index in [0.717, 1.165) is 17.7 Å². The minimum atomic E-state index is 0.307. The molecule has 1 heterocycles. The smallest absolute Gasteiger partial charge is 0.248 e. The number of nitrogens with zero attached hydrogens (tertiary/aromatic N) is 2. The second-order valence-electron chi connectivity index (χ2n) is 5.62. The van der Waals surface area contributed by atoms with Crippen LogP contribution < -0.4 is 15.8 Å². The van der Waals surface area contributed by atoms with Crippen molar-refractivity contribution in [3.05, 3.63) is 64.9 Å². The molecule has 0 spiro atoms. The Hall–Kier alpha value is -2.79. The van der Waals surface area contributed by atoms with E-state index < -0.39 is 0 Å². The molecule has 3 N–H and O–H groups in total. The number of nitrogens with one attached hydrogen (secondary N) is 1. The van der Waals surface area contributed by atoms with Gasteiger partial charge in [0.25, 0.3) is 0 Å². The van der Waals surface area contributed by atoms with Crippen molar-refractivity contribution >= 4 is 28.8 Å². The molecule has 0 saturated carbocycles. The second kappa shape index (κ2) is 7.40. The van der Waals surface area contributed by atoms with Crippen LogP contribution in [0, 0.1) is 6.92 Å². The minimum absolute atomic E-state index is 0.307. The molecule has 0 saturated heterocycles. The highest BCUT2D eigenvalue weighted by Gasteiger charge is 2.12. The van der Waals surface area contributed by atoms with Gasteiger partial charge in [-0.05, 0) is 48.7 Å². The summed E-state index contributed by atoms with van der Waals surface area (Å²) in [5.74, 6) is 1.45. The summed E-state index contributed by atoms with van der Waals surface area (Å²) < 4.78 is 5.80. The third kappa shape index (κ3) is 4.00. The number of rotatable bonds is 5. The Balaban J connectivity index is 1.85. The Morgan fingerprint density at radius 1 is 1.12 bits per heavy atom. The lowest BCUT2D eigenvalue weighted by atomic mass is 10.2. The normalized spacial score (nSPS) is 10.5. The Morgan fingerprint density at radius 3 is 2.60 bits per heavy atom. The molecule has 5 nitrogen and oxygen atoms in total. The molecule has 3 aromatic rings. The van der Waals surface area contributed by atoms with Crippen LogP contribution in [-0.4, -0.2) is 9.97 Å². The van der Waals surface area contributed by atoms with E-state index in [9.17, 15) is 0 Å². The van der Waals surface area contributed by atoms with Crippen molar-refractivity contribution in [3.8, 4) is 11.6 Å². The van der Waals surface area contributed by atoms with Crippen LogP contribution in [0.1, 0.15) is 18.1 Å². The first-order valence-corrected chi connectivity index (χ1v) is 8.35. The largest absolute Gasteiger partial charge is 0.437 e. The summed E-state index contributed by atoms with van der Waals surface area (Å²) in [5, 5.41) is 3.82. The second-order valence-corrected chi connectivity index (χ2v) is 6.06. The Kier molecular flexibility index (Phi) is 5.05. The topological polar surface area (TPSA) is 73.1 Å². The number of anilines is 3. The Bertz CT molecular complexity index is 881. The third-order valence-electron chi connectivity index (χ3n) is 3.85. The summed E-state index contributed by atoms with van der Waals surface area (Å²) in [4.78, 5) is 8.34. The molecule has 0 atom stereocenters. The van der Waals surface area contributed by atoms with E-state index >= 15 is 0 Å². The van der Waals surface area contributed by atoms with E-state index in [1.54, 1.807) is 0 Å².